The minimum atomic E-state index is -3.62. The first-order chi connectivity index (χ1) is 11.8. The zero-order valence-corrected chi connectivity index (χ0v) is 15.9. The fraction of sp³-hybridized carbons (Fsp3) is 0.333. The Morgan fingerprint density at radius 1 is 0.920 bits per heavy atom. The largest absolute Gasteiger partial charge is 0.493 e. The molecule has 0 amide bonds. The van der Waals surface area contributed by atoms with Crippen LogP contribution in [0.1, 0.15) is 16.7 Å². The van der Waals surface area contributed by atoms with Crippen molar-refractivity contribution in [1.82, 2.24) is 4.72 Å². The Morgan fingerprint density at radius 2 is 1.52 bits per heavy atom. The van der Waals surface area contributed by atoms with E-state index in [1.165, 1.54) is 21.3 Å². The first kappa shape index (κ1) is 19.1. The lowest BCUT2D eigenvalue weighted by molar-refractivity contribution is 0.323. The molecule has 0 aliphatic rings. The molecule has 0 fully saturated rings. The van der Waals surface area contributed by atoms with E-state index in [0.717, 1.165) is 5.56 Å². The smallest absolute Gasteiger partial charge is 0.241 e. The topological polar surface area (TPSA) is 73.9 Å². The molecular formula is C18H23NO5S. The Hall–Kier alpha value is -2.25. The van der Waals surface area contributed by atoms with Gasteiger partial charge >= 0.3 is 0 Å². The zero-order valence-electron chi connectivity index (χ0n) is 15.0. The molecule has 2 rings (SSSR count). The Labute approximate surface area is 148 Å². The summed E-state index contributed by atoms with van der Waals surface area (Å²) < 4.78 is 43.6. The van der Waals surface area contributed by atoms with Gasteiger partial charge in [-0.05, 0) is 43.2 Å². The number of benzene rings is 2. The van der Waals surface area contributed by atoms with Gasteiger partial charge in [0.25, 0.3) is 0 Å². The summed E-state index contributed by atoms with van der Waals surface area (Å²) >= 11 is 0. The third kappa shape index (κ3) is 4.24. The average molecular weight is 365 g/mol. The van der Waals surface area contributed by atoms with Crippen molar-refractivity contribution in [3.63, 3.8) is 0 Å². The lowest BCUT2D eigenvalue weighted by Crippen LogP contribution is -2.24. The highest BCUT2D eigenvalue weighted by Gasteiger charge is 2.18. The second-order valence-corrected chi connectivity index (χ2v) is 7.36. The minimum absolute atomic E-state index is 0.104. The molecule has 0 radical (unpaired) electrons. The fourth-order valence-corrected chi connectivity index (χ4v) is 3.84. The van der Waals surface area contributed by atoms with Gasteiger partial charge in [0.2, 0.25) is 15.8 Å². The summed E-state index contributed by atoms with van der Waals surface area (Å²) in [6, 6.07) is 8.66. The summed E-state index contributed by atoms with van der Waals surface area (Å²) in [5, 5.41) is 0. The van der Waals surface area contributed by atoms with Gasteiger partial charge in [0, 0.05) is 6.54 Å². The van der Waals surface area contributed by atoms with Gasteiger partial charge in [0.05, 0.1) is 26.2 Å². The number of rotatable bonds is 7. The molecule has 0 saturated carbocycles. The summed E-state index contributed by atoms with van der Waals surface area (Å²) in [5.74, 6) is 1.41. The van der Waals surface area contributed by atoms with Gasteiger partial charge in [-0.3, -0.25) is 0 Å². The molecule has 6 nitrogen and oxygen atoms in total. The maximum Gasteiger partial charge on any atom is 0.241 e. The van der Waals surface area contributed by atoms with Crippen LogP contribution in [0.4, 0.5) is 0 Å². The van der Waals surface area contributed by atoms with Crippen LogP contribution in [0, 0.1) is 13.8 Å². The van der Waals surface area contributed by atoms with E-state index in [1.54, 1.807) is 31.2 Å². The van der Waals surface area contributed by atoms with Gasteiger partial charge in [-0.2, -0.15) is 0 Å². The van der Waals surface area contributed by atoms with Crippen LogP contribution in [-0.2, 0) is 16.6 Å². The fourth-order valence-electron chi connectivity index (χ4n) is 2.59. The quantitative estimate of drug-likeness (QED) is 0.817. The number of methoxy groups -OCH3 is 3. The summed E-state index contributed by atoms with van der Waals surface area (Å²) in [4.78, 5) is 0.269. The van der Waals surface area contributed by atoms with Crippen molar-refractivity contribution in [2.24, 2.45) is 0 Å². The van der Waals surface area contributed by atoms with E-state index in [2.05, 4.69) is 4.72 Å². The molecule has 136 valence electrons. The van der Waals surface area contributed by atoms with Crippen molar-refractivity contribution >= 4 is 10.0 Å². The molecule has 0 spiro atoms. The van der Waals surface area contributed by atoms with Gasteiger partial charge < -0.3 is 14.2 Å². The van der Waals surface area contributed by atoms with Crippen LogP contribution < -0.4 is 18.9 Å². The second-order valence-electron chi connectivity index (χ2n) is 5.63. The van der Waals surface area contributed by atoms with E-state index in [-0.39, 0.29) is 11.4 Å². The number of aryl methyl sites for hydroxylation is 2. The second kappa shape index (κ2) is 7.76. The van der Waals surface area contributed by atoms with E-state index in [1.807, 2.05) is 13.0 Å². The van der Waals surface area contributed by atoms with Crippen molar-refractivity contribution < 1.29 is 22.6 Å². The average Bonchev–Trinajstić information content (AvgIpc) is 2.58. The minimum Gasteiger partial charge on any atom is -0.493 e. The van der Waals surface area contributed by atoms with Crippen molar-refractivity contribution in [3.8, 4) is 17.2 Å². The number of hydrogen-bond donors (Lipinski definition) is 1. The maximum absolute atomic E-state index is 12.6. The van der Waals surface area contributed by atoms with Crippen molar-refractivity contribution in [2.45, 2.75) is 25.3 Å². The molecule has 0 aliphatic heterocycles. The predicted octanol–water partition coefficient (Wildman–Crippen LogP) is 2.81. The molecule has 0 aliphatic carbocycles. The van der Waals surface area contributed by atoms with Crippen LogP contribution in [0.25, 0.3) is 0 Å². The third-order valence-corrected chi connectivity index (χ3v) is 5.37. The monoisotopic (exact) mass is 365 g/mol. The van der Waals surface area contributed by atoms with Crippen LogP contribution in [0.3, 0.4) is 0 Å². The Bertz CT molecular complexity index is 837. The summed E-state index contributed by atoms with van der Waals surface area (Å²) in [5.41, 5.74) is 2.42. The molecular weight excluding hydrogens is 342 g/mol. The highest BCUT2D eigenvalue weighted by Crippen LogP contribution is 2.38. The van der Waals surface area contributed by atoms with Crippen molar-refractivity contribution in [3.05, 3.63) is 47.0 Å². The maximum atomic E-state index is 12.6. The van der Waals surface area contributed by atoms with E-state index in [4.69, 9.17) is 14.2 Å². The van der Waals surface area contributed by atoms with E-state index in [0.29, 0.717) is 28.4 Å². The lowest BCUT2D eigenvalue weighted by Gasteiger charge is -2.15. The first-order valence-corrected chi connectivity index (χ1v) is 9.16. The van der Waals surface area contributed by atoms with Gasteiger partial charge in [-0.25, -0.2) is 13.1 Å². The van der Waals surface area contributed by atoms with Gasteiger partial charge in [0.15, 0.2) is 11.5 Å². The zero-order chi connectivity index (χ0) is 18.6. The van der Waals surface area contributed by atoms with Crippen molar-refractivity contribution in [1.29, 1.82) is 0 Å². The van der Waals surface area contributed by atoms with E-state index in [9.17, 15) is 8.42 Å². The molecule has 2 aromatic rings. The molecule has 7 heteroatoms. The summed E-state index contributed by atoms with van der Waals surface area (Å²) in [6.07, 6.45) is 0. The molecule has 0 saturated heterocycles. The highest BCUT2D eigenvalue weighted by atomic mass is 32.2. The molecule has 0 heterocycles. The molecule has 2 aromatic carbocycles. The normalized spacial score (nSPS) is 11.2. The first-order valence-electron chi connectivity index (χ1n) is 7.68. The number of ether oxygens (including phenoxy) is 3. The van der Waals surface area contributed by atoms with Crippen LogP contribution in [0.2, 0.25) is 0 Å². The van der Waals surface area contributed by atoms with Gasteiger partial charge in [0.1, 0.15) is 0 Å². The molecule has 0 unspecified atom stereocenters. The predicted molar refractivity (Wildman–Crippen MR) is 96.0 cm³/mol. The van der Waals surface area contributed by atoms with Crippen LogP contribution >= 0.6 is 0 Å². The number of hydrogen-bond acceptors (Lipinski definition) is 5. The highest BCUT2D eigenvalue weighted by molar-refractivity contribution is 7.89. The standard InChI is InChI=1S/C18H23NO5S/c1-12-6-7-17(13(2)8-12)25(20,21)19-11-14-9-15(22-3)18(24-5)16(10-14)23-4/h6-10,19H,11H2,1-5H3. The summed E-state index contributed by atoms with van der Waals surface area (Å²) in [6.45, 7) is 3.81. The van der Waals surface area contributed by atoms with Gasteiger partial charge in [-0.15, -0.1) is 0 Å². The van der Waals surface area contributed by atoms with Crippen LogP contribution in [-0.4, -0.2) is 29.7 Å². The SMILES string of the molecule is COc1cc(CNS(=O)(=O)c2ccc(C)cc2C)cc(OC)c1OC. The van der Waals surface area contributed by atoms with E-state index >= 15 is 0 Å². The molecule has 0 aromatic heterocycles. The van der Waals surface area contributed by atoms with E-state index < -0.39 is 10.0 Å². The Morgan fingerprint density at radius 3 is 2.00 bits per heavy atom. The molecule has 1 N–H and O–H groups in total. The molecule has 0 bridgehead atoms. The number of nitrogens with one attached hydrogen (secondary N) is 1. The Kier molecular flexibility index (Phi) is 5.92. The molecule has 25 heavy (non-hydrogen) atoms. The molecule has 0 atom stereocenters. The number of sulfonamides is 1. The Balaban J connectivity index is 2.28. The van der Waals surface area contributed by atoms with Crippen LogP contribution in [0.5, 0.6) is 17.2 Å². The third-order valence-electron chi connectivity index (χ3n) is 3.81. The lowest BCUT2D eigenvalue weighted by atomic mass is 10.2. The van der Waals surface area contributed by atoms with Crippen LogP contribution in [0.15, 0.2) is 35.2 Å². The van der Waals surface area contributed by atoms with Gasteiger partial charge in [-0.1, -0.05) is 17.7 Å². The summed E-state index contributed by atoms with van der Waals surface area (Å²) in [7, 11) is 0.923. The van der Waals surface area contributed by atoms with Crippen molar-refractivity contribution in [2.75, 3.05) is 21.3 Å².